The topological polar surface area (TPSA) is 149 Å². The third-order valence-corrected chi connectivity index (χ3v) is 15.4. The molecule has 0 radical (unpaired) electrons. The summed E-state index contributed by atoms with van der Waals surface area (Å²) in [5, 5.41) is 54.5. The molecule has 422 valence electrons. The van der Waals surface area contributed by atoms with Gasteiger partial charge >= 0.3 is 0 Å². The number of hydrogen-bond donors (Lipinski definition) is 6. The number of allylic oxidation sites excluding steroid dienone is 1. The second kappa shape index (κ2) is 52.4. The lowest BCUT2D eigenvalue weighted by atomic mass is 9.99. The van der Waals surface area contributed by atoms with Gasteiger partial charge in [0.25, 0.3) is 0 Å². The van der Waals surface area contributed by atoms with Crippen LogP contribution in [0.1, 0.15) is 322 Å². The Morgan fingerprint density at radius 3 is 1.10 bits per heavy atom. The molecule has 0 aromatic heterocycles. The van der Waals surface area contributed by atoms with Crippen molar-refractivity contribution >= 4 is 5.91 Å². The first-order valence-electron chi connectivity index (χ1n) is 31.4. The standard InChI is InChI=1S/C62H121NO8/c1-3-5-7-9-11-13-15-17-19-20-21-22-23-24-25-26-27-28-29-30-31-32-33-34-35-36-38-39-41-43-45-47-49-51-56(65)55(54-70-62-61(69)60(68)59(67)57(53-64)71-62)63-58(66)52-50-48-46-44-42-40-37-18-16-14-12-10-8-6-4-2/h49,51,55-57,59-62,64-65,67-69H,3-48,50,52-54H2,1-2H3,(H,63,66)/b51-49+. The van der Waals surface area contributed by atoms with Crippen LogP contribution < -0.4 is 5.32 Å². The normalized spacial score (nSPS) is 19.2. The van der Waals surface area contributed by atoms with Crippen molar-refractivity contribution in [2.24, 2.45) is 0 Å². The minimum Gasteiger partial charge on any atom is -0.394 e. The van der Waals surface area contributed by atoms with Gasteiger partial charge in [-0.25, -0.2) is 0 Å². The molecule has 0 aliphatic carbocycles. The monoisotopic (exact) mass is 1010 g/mol. The molecule has 0 aromatic carbocycles. The maximum Gasteiger partial charge on any atom is 0.220 e. The van der Waals surface area contributed by atoms with Crippen molar-refractivity contribution in [1.82, 2.24) is 5.32 Å². The number of ether oxygens (including phenoxy) is 2. The summed E-state index contributed by atoms with van der Waals surface area (Å²) < 4.78 is 11.3. The van der Waals surface area contributed by atoms with E-state index in [0.29, 0.717) is 6.42 Å². The van der Waals surface area contributed by atoms with E-state index < -0.39 is 49.5 Å². The Hall–Kier alpha value is -1.07. The van der Waals surface area contributed by atoms with Crippen molar-refractivity contribution in [1.29, 1.82) is 0 Å². The molecule has 6 N–H and O–H groups in total. The number of carbonyl (C=O) groups is 1. The lowest BCUT2D eigenvalue weighted by molar-refractivity contribution is -0.302. The van der Waals surface area contributed by atoms with Crippen molar-refractivity contribution in [3.05, 3.63) is 12.2 Å². The number of aliphatic hydroxyl groups is 5. The molecule has 0 aromatic rings. The van der Waals surface area contributed by atoms with E-state index >= 15 is 0 Å². The second-order valence-corrected chi connectivity index (χ2v) is 22.2. The summed E-state index contributed by atoms with van der Waals surface area (Å²) in [4.78, 5) is 13.0. The number of unbranched alkanes of at least 4 members (excludes halogenated alkanes) is 45. The Morgan fingerprint density at radius 2 is 0.775 bits per heavy atom. The van der Waals surface area contributed by atoms with Crippen LogP contribution in [0.15, 0.2) is 12.2 Å². The molecule has 1 aliphatic rings. The Bertz CT molecular complexity index is 1120. The van der Waals surface area contributed by atoms with Gasteiger partial charge in [-0.3, -0.25) is 4.79 Å². The molecule has 1 aliphatic heterocycles. The van der Waals surface area contributed by atoms with E-state index in [0.717, 1.165) is 38.5 Å². The fourth-order valence-corrected chi connectivity index (χ4v) is 10.4. The van der Waals surface area contributed by atoms with E-state index in [2.05, 4.69) is 19.2 Å². The zero-order valence-corrected chi connectivity index (χ0v) is 47.0. The van der Waals surface area contributed by atoms with Gasteiger partial charge in [0.15, 0.2) is 6.29 Å². The van der Waals surface area contributed by atoms with Crippen LogP contribution in [0.5, 0.6) is 0 Å². The average molecular weight is 1010 g/mol. The van der Waals surface area contributed by atoms with Gasteiger partial charge in [-0.05, 0) is 19.3 Å². The highest BCUT2D eigenvalue weighted by Crippen LogP contribution is 2.23. The van der Waals surface area contributed by atoms with Gasteiger partial charge < -0.3 is 40.3 Å². The van der Waals surface area contributed by atoms with Gasteiger partial charge in [0.1, 0.15) is 24.4 Å². The smallest absolute Gasteiger partial charge is 0.220 e. The van der Waals surface area contributed by atoms with Crippen LogP contribution in [0.4, 0.5) is 0 Å². The second-order valence-electron chi connectivity index (χ2n) is 22.2. The fraction of sp³-hybridized carbons (Fsp3) is 0.952. The summed E-state index contributed by atoms with van der Waals surface area (Å²) >= 11 is 0. The predicted octanol–water partition coefficient (Wildman–Crippen LogP) is 16.0. The fourth-order valence-electron chi connectivity index (χ4n) is 10.4. The van der Waals surface area contributed by atoms with Gasteiger partial charge in [-0.1, -0.05) is 309 Å². The molecule has 1 saturated heterocycles. The summed E-state index contributed by atoms with van der Waals surface area (Å²) in [6.07, 6.45) is 58.8. The molecule has 0 saturated carbocycles. The molecule has 1 fully saturated rings. The first-order chi connectivity index (χ1) is 34.8. The molecule has 1 heterocycles. The first kappa shape index (κ1) is 67.9. The Morgan fingerprint density at radius 1 is 0.465 bits per heavy atom. The van der Waals surface area contributed by atoms with E-state index in [1.807, 2.05) is 6.08 Å². The number of amides is 1. The van der Waals surface area contributed by atoms with E-state index in [9.17, 15) is 30.3 Å². The molecule has 1 amide bonds. The van der Waals surface area contributed by atoms with Gasteiger partial charge in [0.05, 0.1) is 25.4 Å². The molecule has 7 unspecified atom stereocenters. The minimum absolute atomic E-state index is 0.171. The molecule has 9 nitrogen and oxygen atoms in total. The molecule has 0 spiro atoms. The van der Waals surface area contributed by atoms with Gasteiger partial charge in [0, 0.05) is 6.42 Å². The highest BCUT2D eigenvalue weighted by Gasteiger charge is 2.44. The van der Waals surface area contributed by atoms with Crippen LogP contribution in [0, 0.1) is 0 Å². The van der Waals surface area contributed by atoms with Crippen LogP contribution in [0.3, 0.4) is 0 Å². The highest BCUT2D eigenvalue weighted by molar-refractivity contribution is 5.76. The lowest BCUT2D eigenvalue weighted by Crippen LogP contribution is -2.60. The van der Waals surface area contributed by atoms with Crippen molar-refractivity contribution < 1.29 is 39.8 Å². The van der Waals surface area contributed by atoms with Crippen LogP contribution >= 0.6 is 0 Å². The van der Waals surface area contributed by atoms with Crippen molar-refractivity contribution in [2.45, 2.75) is 365 Å². The minimum atomic E-state index is -1.56. The molecule has 1 rings (SSSR count). The Kier molecular flexibility index (Phi) is 50.1. The molecule has 0 bridgehead atoms. The van der Waals surface area contributed by atoms with Crippen LogP contribution in [-0.2, 0) is 14.3 Å². The maximum absolute atomic E-state index is 13.0. The zero-order chi connectivity index (χ0) is 51.5. The molecule has 9 heteroatoms. The quantitative estimate of drug-likeness (QED) is 0.0261. The number of nitrogens with one attached hydrogen (secondary N) is 1. The molecule has 7 atom stereocenters. The van der Waals surface area contributed by atoms with E-state index in [4.69, 9.17) is 9.47 Å². The summed E-state index contributed by atoms with van der Waals surface area (Å²) in [5.74, 6) is -0.171. The van der Waals surface area contributed by atoms with E-state index in [-0.39, 0.29) is 12.5 Å². The van der Waals surface area contributed by atoms with Crippen LogP contribution in [-0.4, -0.2) is 87.5 Å². The largest absolute Gasteiger partial charge is 0.394 e. The van der Waals surface area contributed by atoms with Crippen LogP contribution in [0.25, 0.3) is 0 Å². The third kappa shape index (κ3) is 41.8. The number of carbonyl (C=O) groups excluding carboxylic acids is 1. The Balaban J connectivity index is 2.11. The first-order valence-corrected chi connectivity index (χ1v) is 31.4. The molecular weight excluding hydrogens is 887 g/mol. The van der Waals surface area contributed by atoms with Crippen molar-refractivity contribution in [3.8, 4) is 0 Å². The highest BCUT2D eigenvalue weighted by atomic mass is 16.7. The third-order valence-electron chi connectivity index (χ3n) is 15.4. The molecular formula is C62H121NO8. The zero-order valence-electron chi connectivity index (χ0n) is 47.0. The maximum atomic E-state index is 13.0. The van der Waals surface area contributed by atoms with Crippen molar-refractivity contribution in [2.75, 3.05) is 13.2 Å². The summed E-state index contributed by atoms with van der Waals surface area (Å²) in [5.41, 5.74) is 0. The van der Waals surface area contributed by atoms with Gasteiger partial charge in [0.2, 0.25) is 5.91 Å². The SMILES string of the molecule is CCCCCCCCCCCCCCCCCCCCCCCCCCCCCCCCC/C=C/C(O)C(COC1OC(CO)C(O)C(O)C1O)NC(=O)CCCCCCCCCCCCCCCCC. The molecule has 71 heavy (non-hydrogen) atoms. The van der Waals surface area contributed by atoms with Gasteiger partial charge in [-0.15, -0.1) is 0 Å². The van der Waals surface area contributed by atoms with Crippen molar-refractivity contribution in [3.63, 3.8) is 0 Å². The van der Waals surface area contributed by atoms with E-state index in [1.54, 1.807) is 6.08 Å². The number of rotatable bonds is 55. The number of aliphatic hydroxyl groups excluding tert-OH is 5. The summed E-state index contributed by atoms with van der Waals surface area (Å²) in [7, 11) is 0. The lowest BCUT2D eigenvalue weighted by Gasteiger charge is -2.40. The van der Waals surface area contributed by atoms with Crippen LogP contribution in [0.2, 0.25) is 0 Å². The predicted molar refractivity (Wildman–Crippen MR) is 300 cm³/mol. The van der Waals surface area contributed by atoms with Gasteiger partial charge in [-0.2, -0.15) is 0 Å². The van der Waals surface area contributed by atoms with E-state index in [1.165, 1.54) is 263 Å². The average Bonchev–Trinajstić information content (AvgIpc) is 3.37. The Labute approximate surface area is 439 Å². The summed E-state index contributed by atoms with van der Waals surface area (Å²) in [6.45, 7) is 3.82. The summed E-state index contributed by atoms with van der Waals surface area (Å²) in [6, 6.07) is -0.800. The number of hydrogen-bond acceptors (Lipinski definition) is 8.